The van der Waals surface area contributed by atoms with Crippen LogP contribution in [0.3, 0.4) is 0 Å². The highest BCUT2D eigenvalue weighted by Gasteiger charge is 2.24. The monoisotopic (exact) mass is 448 g/mol. The highest BCUT2D eigenvalue weighted by atomic mass is 19.1. The molecule has 0 atom stereocenters. The van der Waals surface area contributed by atoms with Crippen LogP contribution in [-0.2, 0) is 22.4 Å². The van der Waals surface area contributed by atoms with Crippen LogP contribution in [-0.4, -0.2) is 47.8 Å². The third kappa shape index (κ3) is 6.09. The summed E-state index contributed by atoms with van der Waals surface area (Å²) in [4.78, 5) is 28.8. The number of halogens is 1. The van der Waals surface area contributed by atoms with Crippen molar-refractivity contribution in [3.05, 3.63) is 83.9 Å². The van der Waals surface area contributed by atoms with Crippen LogP contribution in [0.1, 0.15) is 30.6 Å². The summed E-state index contributed by atoms with van der Waals surface area (Å²) < 4.78 is 19.7. The number of hydrogen-bond acceptors (Lipinski definition) is 3. The van der Waals surface area contributed by atoms with E-state index in [-0.39, 0.29) is 17.6 Å². The molecular formula is C27H29FN2O3. The van der Waals surface area contributed by atoms with E-state index >= 15 is 0 Å². The normalized spacial score (nSPS) is 13.8. The van der Waals surface area contributed by atoms with Crippen LogP contribution in [0.5, 0.6) is 0 Å². The lowest BCUT2D eigenvalue weighted by Gasteiger charge is -2.35. The summed E-state index contributed by atoms with van der Waals surface area (Å²) in [6, 6.07) is 20.2. The average molecular weight is 449 g/mol. The van der Waals surface area contributed by atoms with E-state index in [0.717, 1.165) is 12.8 Å². The first-order valence-electron chi connectivity index (χ1n) is 11.5. The zero-order chi connectivity index (χ0) is 23.0. The maximum atomic E-state index is 13.9. The minimum atomic E-state index is -0.332. The highest BCUT2D eigenvalue weighted by Crippen LogP contribution is 2.25. The van der Waals surface area contributed by atoms with Crippen molar-refractivity contribution < 1.29 is 18.4 Å². The van der Waals surface area contributed by atoms with Crippen molar-refractivity contribution in [1.82, 2.24) is 9.80 Å². The number of hydrogen-bond donors (Lipinski definition) is 0. The lowest BCUT2D eigenvalue weighted by Crippen LogP contribution is -2.50. The minimum Gasteiger partial charge on any atom is -0.461 e. The molecule has 1 aliphatic rings. The van der Waals surface area contributed by atoms with Gasteiger partial charge in [0.1, 0.15) is 17.3 Å². The molecule has 0 saturated carbocycles. The molecule has 2 heterocycles. The Labute approximate surface area is 193 Å². The van der Waals surface area contributed by atoms with Crippen molar-refractivity contribution >= 4 is 11.8 Å². The predicted molar refractivity (Wildman–Crippen MR) is 125 cm³/mol. The molecule has 0 N–H and O–H groups in total. The standard InChI is InChI=1S/C27H29FN2O3/c28-24-11-5-4-10-23(24)25-15-13-22(33-25)14-16-27(32)30-19-17-29(18-20-30)26(31)12-6-9-21-7-2-1-3-8-21/h1-5,7-8,10-11,13,15H,6,9,12,14,16-20H2. The van der Waals surface area contributed by atoms with Gasteiger partial charge in [0.05, 0.1) is 5.56 Å². The molecule has 172 valence electrons. The van der Waals surface area contributed by atoms with E-state index in [1.165, 1.54) is 11.6 Å². The van der Waals surface area contributed by atoms with Crippen LogP contribution in [0, 0.1) is 5.82 Å². The molecule has 33 heavy (non-hydrogen) atoms. The van der Waals surface area contributed by atoms with Crippen molar-refractivity contribution in [3.8, 4) is 11.3 Å². The smallest absolute Gasteiger partial charge is 0.223 e. The summed E-state index contributed by atoms with van der Waals surface area (Å²) in [6.07, 6.45) is 3.06. The lowest BCUT2D eigenvalue weighted by molar-refractivity contribution is -0.139. The van der Waals surface area contributed by atoms with E-state index in [9.17, 15) is 14.0 Å². The van der Waals surface area contributed by atoms with Crippen LogP contribution >= 0.6 is 0 Å². The van der Waals surface area contributed by atoms with Gasteiger partial charge in [-0.2, -0.15) is 0 Å². The number of nitrogens with zero attached hydrogens (tertiary/aromatic N) is 2. The summed E-state index contributed by atoms with van der Waals surface area (Å²) in [6.45, 7) is 2.27. The maximum absolute atomic E-state index is 13.9. The third-order valence-corrected chi connectivity index (χ3v) is 6.07. The van der Waals surface area contributed by atoms with Gasteiger partial charge in [-0.15, -0.1) is 0 Å². The topological polar surface area (TPSA) is 53.8 Å². The summed E-state index contributed by atoms with van der Waals surface area (Å²) in [5.41, 5.74) is 1.66. The van der Waals surface area contributed by atoms with E-state index in [2.05, 4.69) is 12.1 Å². The van der Waals surface area contributed by atoms with Crippen molar-refractivity contribution in [1.29, 1.82) is 0 Å². The van der Waals surface area contributed by atoms with E-state index < -0.39 is 0 Å². The average Bonchev–Trinajstić information content (AvgIpc) is 3.32. The van der Waals surface area contributed by atoms with Crippen LogP contribution in [0.4, 0.5) is 4.39 Å². The van der Waals surface area contributed by atoms with Crippen LogP contribution < -0.4 is 0 Å². The zero-order valence-electron chi connectivity index (χ0n) is 18.7. The summed E-state index contributed by atoms with van der Waals surface area (Å²) >= 11 is 0. The Hall–Kier alpha value is -3.41. The number of rotatable bonds is 8. The number of carbonyl (C=O) groups excluding carboxylic acids is 2. The molecule has 6 heteroatoms. The second-order valence-electron chi connectivity index (χ2n) is 8.35. The van der Waals surface area contributed by atoms with Gasteiger partial charge in [-0.25, -0.2) is 4.39 Å². The first-order chi connectivity index (χ1) is 16.1. The molecule has 2 amide bonds. The Morgan fingerprint density at radius 2 is 1.39 bits per heavy atom. The molecule has 2 aromatic carbocycles. The van der Waals surface area contributed by atoms with Crippen LogP contribution in [0.15, 0.2) is 71.1 Å². The summed E-state index contributed by atoms with van der Waals surface area (Å²) in [5, 5.41) is 0. The van der Waals surface area contributed by atoms with Gasteiger partial charge in [-0.1, -0.05) is 42.5 Å². The third-order valence-electron chi connectivity index (χ3n) is 6.07. The van der Waals surface area contributed by atoms with Gasteiger partial charge < -0.3 is 14.2 Å². The van der Waals surface area contributed by atoms with E-state index in [1.807, 2.05) is 28.0 Å². The van der Waals surface area contributed by atoms with Crippen molar-refractivity contribution in [2.24, 2.45) is 0 Å². The minimum absolute atomic E-state index is 0.0509. The Morgan fingerprint density at radius 3 is 2.09 bits per heavy atom. The largest absolute Gasteiger partial charge is 0.461 e. The van der Waals surface area contributed by atoms with Crippen LogP contribution in [0.2, 0.25) is 0 Å². The molecule has 5 nitrogen and oxygen atoms in total. The van der Waals surface area contributed by atoms with Gasteiger partial charge in [0.2, 0.25) is 11.8 Å². The summed E-state index contributed by atoms with van der Waals surface area (Å²) in [5.74, 6) is 1.01. The van der Waals surface area contributed by atoms with Crippen LogP contribution in [0.25, 0.3) is 11.3 Å². The van der Waals surface area contributed by atoms with Crippen molar-refractivity contribution in [2.45, 2.75) is 32.1 Å². The second kappa shape index (κ2) is 10.9. The molecule has 0 spiro atoms. The summed E-state index contributed by atoms with van der Waals surface area (Å²) in [7, 11) is 0. The molecule has 1 saturated heterocycles. The zero-order valence-corrected chi connectivity index (χ0v) is 18.7. The molecule has 0 bridgehead atoms. The molecule has 1 fully saturated rings. The molecule has 1 aliphatic heterocycles. The fourth-order valence-corrected chi connectivity index (χ4v) is 4.16. The molecule has 4 rings (SSSR count). The van der Waals surface area contributed by atoms with Gasteiger partial charge >= 0.3 is 0 Å². The Kier molecular flexibility index (Phi) is 7.55. The van der Waals surface area contributed by atoms with Gasteiger partial charge in [0.15, 0.2) is 0 Å². The number of amides is 2. The van der Waals surface area contributed by atoms with Gasteiger partial charge in [-0.05, 0) is 42.7 Å². The van der Waals surface area contributed by atoms with Gasteiger partial charge in [0, 0.05) is 45.4 Å². The first-order valence-corrected chi connectivity index (χ1v) is 11.5. The highest BCUT2D eigenvalue weighted by molar-refractivity contribution is 5.78. The fourth-order valence-electron chi connectivity index (χ4n) is 4.16. The van der Waals surface area contributed by atoms with Gasteiger partial charge in [-0.3, -0.25) is 9.59 Å². The number of benzene rings is 2. The quantitative estimate of drug-likeness (QED) is 0.501. The second-order valence-corrected chi connectivity index (χ2v) is 8.35. The maximum Gasteiger partial charge on any atom is 0.223 e. The number of piperazine rings is 1. The number of aryl methyl sites for hydroxylation is 2. The molecule has 0 radical (unpaired) electrons. The lowest BCUT2D eigenvalue weighted by atomic mass is 10.1. The molecular weight excluding hydrogens is 419 g/mol. The van der Waals surface area contributed by atoms with E-state index in [0.29, 0.717) is 62.5 Å². The molecule has 0 unspecified atom stereocenters. The van der Waals surface area contributed by atoms with Crippen molar-refractivity contribution in [3.63, 3.8) is 0 Å². The van der Waals surface area contributed by atoms with E-state index in [4.69, 9.17) is 4.42 Å². The molecule has 0 aliphatic carbocycles. The van der Waals surface area contributed by atoms with E-state index in [1.54, 1.807) is 30.3 Å². The Bertz CT molecular complexity index is 1070. The van der Waals surface area contributed by atoms with Crippen molar-refractivity contribution in [2.75, 3.05) is 26.2 Å². The SMILES string of the molecule is O=C(CCCc1ccccc1)N1CCN(C(=O)CCc2ccc(-c3ccccc3F)o2)CC1. The molecule has 1 aromatic heterocycles. The number of carbonyl (C=O) groups is 2. The Morgan fingerprint density at radius 1 is 0.758 bits per heavy atom. The number of furan rings is 1. The fraction of sp³-hybridized carbons (Fsp3) is 0.333. The predicted octanol–water partition coefficient (Wildman–Crippen LogP) is 4.71. The van der Waals surface area contributed by atoms with Gasteiger partial charge in [0.25, 0.3) is 0 Å². The first kappa shape index (κ1) is 22.8. The Balaban J connectivity index is 1.18. The molecule has 3 aromatic rings.